The fraction of sp³-hybridized carbons (Fsp3) is 0.529. The minimum absolute atomic E-state index is 0. The van der Waals surface area contributed by atoms with Gasteiger partial charge in [0, 0.05) is 18.7 Å². The second kappa shape index (κ2) is 10.2. The van der Waals surface area contributed by atoms with Crippen molar-refractivity contribution < 1.29 is 9.59 Å². The lowest BCUT2D eigenvalue weighted by Crippen LogP contribution is -2.39. The van der Waals surface area contributed by atoms with Crippen LogP contribution in [0.4, 0.5) is 5.69 Å². The molecule has 128 valence electrons. The van der Waals surface area contributed by atoms with Crippen LogP contribution < -0.4 is 16.0 Å². The zero-order valence-electron chi connectivity index (χ0n) is 13.4. The molecule has 0 bridgehead atoms. The maximum atomic E-state index is 12.2. The molecule has 0 spiro atoms. The number of amides is 2. The summed E-state index contributed by atoms with van der Waals surface area (Å²) in [6.45, 7) is 1.49. The molecule has 1 heterocycles. The van der Waals surface area contributed by atoms with E-state index in [1.807, 2.05) is 24.3 Å². The number of carbonyl (C=O) groups excluding carboxylic acids is 2. The molecule has 1 aliphatic rings. The highest BCUT2D eigenvalue weighted by atomic mass is 35.5. The number of rotatable bonds is 8. The molecule has 1 aromatic carbocycles. The van der Waals surface area contributed by atoms with Gasteiger partial charge in [0.1, 0.15) is 0 Å². The van der Waals surface area contributed by atoms with Crippen LogP contribution in [-0.2, 0) is 16.0 Å². The van der Waals surface area contributed by atoms with E-state index in [-0.39, 0.29) is 30.8 Å². The number of carbonyl (C=O) groups is 2. The summed E-state index contributed by atoms with van der Waals surface area (Å²) >= 11 is 0. The van der Waals surface area contributed by atoms with Crippen LogP contribution >= 0.6 is 12.4 Å². The second-order valence-electron chi connectivity index (χ2n) is 5.65. The molecule has 2 amide bonds. The Hall–Kier alpha value is -1.59. The van der Waals surface area contributed by atoms with Crippen molar-refractivity contribution in [3.8, 4) is 0 Å². The molecule has 0 aromatic heterocycles. The Morgan fingerprint density at radius 2 is 1.87 bits per heavy atom. The molecule has 1 aliphatic heterocycles. The molecule has 0 radical (unpaired) electrons. The van der Waals surface area contributed by atoms with Gasteiger partial charge in [0.25, 0.3) is 0 Å². The van der Waals surface area contributed by atoms with E-state index in [9.17, 15) is 9.59 Å². The number of nitrogens with two attached hydrogens (primary N) is 1. The topological polar surface area (TPSA) is 75.4 Å². The van der Waals surface area contributed by atoms with E-state index >= 15 is 0 Å². The zero-order chi connectivity index (χ0) is 15.8. The number of anilines is 1. The van der Waals surface area contributed by atoms with Gasteiger partial charge in [-0.1, -0.05) is 31.0 Å². The Bertz CT molecular complexity index is 522. The van der Waals surface area contributed by atoms with Gasteiger partial charge in [0.2, 0.25) is 11.8 Å². The lowest BCUT2D eigenvalue weighted by Gasteiger charge is -2.17. The van der Waals surface area contributed by atoms with Crippen molar-refractivity contribution in [2.75, 3.05) is 24.5 Å². The van der Waals surface area contributed by atoms with Gasteiger partial charge in [-0.05, 0) is 37.4 Å². The van der Waals surface area contributed by atoms with Gasteiger partial charge >= 0.3 is 0 Å². The molecule has 0 saturated heterocycles. The third-order valence-electron chi connectivity index (χ3n) is 3.98. The number of benzene rings is 1. The van der Waals surface area contributed by atoms with Crippen LogP contribution in [0.5, 0.6) is 0 Å². The molecule has 1 aromatic rings. The van der Waals surface area contributed by atoms with Gasteiger partial charge in [0.15, 0.2) is 0 Å². The highest BCUT2D eigenvalue weighted by Crippen LogP contribution is 2.27. The SMILES string of the molecule is Cl.NCCCCCCC(=O)NCC(=O)N1CCc2ccccc21. The highest BCUT2D eigenvalue weighted by molar-refractivity contribution is 5.98. The third-order valence-corrected chi connectivity index (χ3v) is 3.98. The summed E-state index contributed by atoms with van der Waals surface area (Å²) in [5, 5.41) is 2.73. The molecule has 3 N–H and O–H groups in total. The Kier molecular flexibility index (Phi) is 8.66. The van der Waals surface area contributed by atoms with Crippen molar-refractivity contribution in [2.45, 2.75) is 38.5 Å². The molecule has 6 heteroatoms. The van der Waals surface area contributed by atoms with Crippen molar-refractivity contribution in [3.63, 3.8) is 0 Å². The van der Waals surface area contributed by atoms with E-state index in [2.05, 4.69) is 5.32 Å². The predicted octanol–water partition coefficient (Wildman–Crippen LogP) is 2.02. The summed E-state index contributed by atoms with van der Waals surface area (Å²) in [6, 6.07) is 7.92. The first kappa shape index (κ1) is 19.5. The standard InChI is InChI=1S/C17H25N3O2.ClH/c18-11-6-2-1-3-9-16(21)19-13-17(22)20-12-10-14-7-4-5-8-15(14)20;/h4-5,7-8H,1-3,6,9-13,18H2,(H,19,21);1H. The highest BCUT2D eigenvalue weighted by Gasteiger charge is 2.23. The lowest BCUT2D eigenvalue weighted by atomic mass is 10.1. The van der Waals surface area contributed by atoms with Gasteiger partial charge in [-0.3, -0.25) is 9.59 Å². The number of hydrogen-bond donors (Lipinski definition) is 2. The minimum atomic E-state index is -0.0476. The average molecular weight is 340 g/mol. The number of nitrogens with one attached hydrogen (secondary N) is 1. The van der Waals surface area contributed by atoms with Crippen molar-refractivity contribution in [1.82, 2.24) is 5.32 Å². The molecular formula is C17H26ClN3O2. The quantitative estimate of drug-likeness (QED) is 0.711. The van der Waals surface area contributed by atoms with Gasteiger partial charge < -0.3 is 16.0 Å². The van der Waals surface area contributed by atoms with E-state index in [1.54, 1.807) is 4.90 Å². The molecule has 0 saturated carbocycles. The molecule has 0 atom stereocenters. The maximum absolute atomic E-state index is 12.2. The Morgan fingerprint density at radius 3 is 2.65 bits per heavy atom. The summed E-state index contributed by atoms with van der Waals surface area (Å²) in [5.41, 5.74) is 7.60. The van der Waals surface area contributed by atoms with E-state index in [0.29, 0.717) is 19.5 Å². The first-order valence-corrected chi connectivity index (χ1v) is 8.07. The summed E-state index contributed by atoms with van der Waals surface area (Å²) in [6.07, 6.45) is 5.30. The largest absolute Gasteiger partial charge is 0.347 e. The zero-order valence-corrected chi connectivity index (χ0v) is 14.2. The summed E-state index contributed by atoms with van der Waals surface area (Å²) in [4.78, 5) is 25.7. The Morgan fingerprint density at radius 1 is 1.13 bits per heavy atom. The van der Waals surface area contributed by atoms with Crippen LogP contribution in [-0.4, -0.2) is 31.4 Å². The van der Waals surface area contributed by atoms with Crippen LogP contribution in [0.3, 0.4) is 0 Å². The Labute approximate surface area is 144 Å². The summed E-state index contributed by atoms with van der Waals surface area (Å²) in [5.74, 6) is -0.0880. The maximum Gasteiger partial charge on any atom is 0.246 e. The molecule has 23 heavy (non-hydrogen) atoms. The first-order chi connectivity index (χ1) is 10.7. The van der Waals surface area contributed by atoms with Crippen molar-refractivity contribution in [3.05, 3.63) is 29.8 Å². The van der Waals surface area contributed by atoms with Crippen LogP contribution in [0.1, 0.15) is 37.7 Å². The number of halogens is 1. The van der Waals surface area contributed by atoms with Crippen LogP contribution in [0.2, 0.25) is 0 Å². The smallest absolute Gasteiger partial charge is 0.246 e. The normalized spacial score (nSPS) is 12.5. The van der Waals surface area contributed by atoms with Gasteiger partial charge in [-0.2, -0.15) is 0 Å². The molecule has 0 unspecified atom stereocenters. The van der Waals surface area contributed by atoms with Gasteiger partial charge in [-0.25, -0.2) is 0 Å². The molecule has 0 aliphatic carbocycles. The number of nitrogens with zero attached hydrogens (tertiary/aromatic N) is 1. The Balaban J connectivity index is 0.00000264. The fourth-order valence-corrected chi connectivity index (χ4v) is 2.74. The number of fused-ring (bicyclic) bond motifs is 1. The monoisotopic (exact) mass is 339 g/mol. The number of para-hydroxylation sites is 1. The summed E-state index contributed by atoms with van der Waals surface area (Å²) < 4.78 is 0. The van der Waals surface area contributed by atoms with Gasteiger partial charge in [-0.15, -0.1) is 12.4 Å². The van der Waals surface area contributed by atoms with Crippen LogP contribution in [0, 0.1) is 0 Å². The van der Waals surface area contributed by atoms with Crippen molar-refractivity contribution in [2.24, 2.45) is 5.73 Å². The molecular weight excluding hydrogens is 314 g/mol. The van der Waals surface area contributed by atoms with Crippen LogP contribution in [0.25, 0.3) is 0 Å². The van der Waals surface area contributed by atoms with Crippen molar-refractivity contribution >= 4 is 29.9 Å². The number of hydrogen-bond acceptors (Lipinski definition) is 3. The van der Waals surface area contributed by atoms with Gasteiger partial charge in [0.05, 0.1) is 6.54 Å². The average Bonchev–Trinajstić information content (AvgIpc) is 2.96. The molecule has 5 nitrogen and oxygen atoms in total. The summed E-state index contributed by atoms with van der Waals surface area (Å²) in [7, 11) is 0. The van der Waals surface area contributed by atoms with E-state index in [4.69, 9.17) is 5.73 Å². The predicted molar refractivity (Wildman–Crippen MR) is 94.9 cm³/mol. The van der Waals surface area contributed by atoms with E-state index in [0.717, 1.165) is 37.8 Å². The van der Waals surface area contributed by atoms with Crippen LogP contribution in [0.15, 0.2) is 24.3 Å². The second-order valence-corrected chi connectivity index (χ2v) is 5.65. The first-order valence-electron chi connectivity index (χ1n) is 8.07. The van der Waals surface area contributed by atoms with E-state index in [1.165, 1.54) is 5.56 Å². The third kappa shape index (κ3) is 5.84. The minimum Gasteiger partial charge on any atom is -0.347 e. The molecule has 2 rings (SSSR count). The number of unbranched alkanes of at least 4 members (excludes halogenated alkanes) is 3. The lowest BCUT2D eigenvalue weighted by molar-refractivity contribution is -0.125. The van der Waals surface area contributed by atoms with Crippen molar-refractivity contribution in [1.29, 1.82) is 0 Å². The van der Waals surface area contributed by atoms with E-state index < -0.39 is 0 Å². The fourth-order valence-electron chi connectivity index (χ4n) is 2.74. The molecule has 0 fully saturated rings.